The van der Waals surface area contributed by atoms with Gasteiger partial charge in [0.1, 0.15) is 11.3 Å². The van der Waals surface area contributed by atoms with Gasteiger partial charge in [-0.15, -0.1) is 0 Å². The van der Waals surface area contributed by atoms with E-state index in [2.05, 4.69) is 91.8 Å². The Bertz CT molecular complexity index is 1760. The summed E-state index contributed by atoms with van der Waals surface area (Å²) in [6, 6.07) is 26.8. The molecular formula is C38H42N2O2. The van der Waals surface area contributed by atoms with Crippen molar-refractivity contribution in [1.82, 2.24) is 4.98 Å². The summed E-state index contributed by atoms with van der Waals surface area (Å²) in [7, 11) is 0. The van der Waals surface area contributed by atoms with Gasteiger partial charge in [-0.1, -0.05) is 110 Å². The van der Waals surface area contributed by atoms with Gasteiger partial charge in [0, 0.05) is 22.9 Å². The maximum Gasteiger partial charge on any atom is 0.229 e. The van der Waals surface area contributed by atoms with Crippen LogP contribution in [0.5, 0.6) is 5.75 Å². The number of rotatable bonds is 6. The normalized spacial score (nSPS) is 12.6. The molecule has 4 heteroatoms. The lowest BCUT2D eigenvalue weighted by Crippen LogP contribution is -2.17. The second-order valence-electron chi connectivity index (χ2n) is 13.7. The molecule has 5 aromatic rings. The number of nitrogens with zero attached hydrogens (tertiary/aromatic N) is 2. The molecule has 1 N–H and O–H groups in total. The van der Waals surface area contributed by atoms with Crippen molar-refractivity contribution in [2.45, 2.75) is 72.6 Å². The van der Waals surface area contributed by atoms with Gasteiger partial charge in [-0.3, -0.25) is 4.99 Å². The molecule has 0 unspecified atom stereocenters. The molecule has 0 spiro atoms. The van der Waals surface area contributed by atoms with E-state index >= 15 is 0 Å². The molecular weight excluding hydrogens is 516 g/mol. The van der Waals surface area contributed by atoms with Gasteiger partial charge in [-0.2, -0.15) is 0 Å². The van der Waals surface area contributed by atoms with Crippen molar-refractivity contribution in [3.63, 3.8) is 0 Å². The molecule has 0 saturated carbocycles. The molecule has 4 nitrogen and oxygen atoms in total. The summed E-state index contributed by atoms with van der Waals surface area (Å²) in [6.45, 7) is 17.4. The number of oxazole rings is 1. The van der Waals surface area contributed by atoms with E-state index in [0.29, 0.717) is 17.4 Å². The molecule has 4 aromatic carbocycles. The predicted molar refractivity (Wildman–Crippen MR) is 176 cm³/mol. The van der Waals surface area contributed by atoms with E-state index in [0.717, 1.165) is 51.0 Å². The van der Waals surface area contributed by atoms with Crippen LogP contribution in [0, 0.1) is 5.92 Å². The molecule has 0 aliphatic heterocycles. The minimum absolute atomic E-state index is 0.0710. The average Bonchev–Trinajstić information content (AvgIpc) is 3.35. The zero-order valence-corrected chi connectivity index (χ0v) is 26.1. The third-order valence-electron chi connectivity index (χ3n) is 7.59. The van der Waals surface area contributed by atoms with Crippen LogP contribution in [0.15, 0.2) is 88.3 Å². The molecule has 0 atom stereocenters. The van der Waals surface area contributed by atoms with Crippen molar-refractivity contribution < 1.29 is 9.52 Å². The van der Waals surface area contributed by atoms with Gasteiger partial charge >= 0.3 is 0 Å². The monoisotopic (exact) mass is 558 g/mol. The predicted octanol–water partition coefficient (Wildman–Crippen LogP) is 10.4. The smallest absolute Gasteiger partial charge is 0.229 e. The Morgan fingerprint density at radius 3 is 2.26 bits per heavy atom. The van der Waals surface area contributed by atoms with Crippen molar-refractivity contribution >= 4 is 23.0 Å². The SMILES string of the molecule is CC(C)Cc1cccc(-c2cccc3oc(-c4ccccc4N=Cc4cc(C(C)(C)C)cc(C(C)(C)C)c4O)nc23)c1. The lowest BCUT2D eigenvalue weighted by Gasteiger charge is -2.27. The van der Waals surface area contributed by atoms with Gasteiger partial charge in [-0.05, 0) is 64.1 Å². The van der Waals surface area contributed by atoms with Crippen LogP contribution in [0.2, 0.25) is 0 Å². The first-order valence-corrected chi connectivity index (χ1v) is 14.8. The van der Waals surface area contributed by atoms with Gasteiger partial charge < -0.3 is 9.52 Å². The second kappa shape index (κ2) is 11.2. The van der Waals surface area contributed by atoms with E-state index in [1.807, 2.05) is 42.5 Å². The van der Waals surface area contributed by atoms with Crippen molar-refractivity contribution in [2.75, 3.05) is 0 Å². The van der Waals surface area contributed by atoms with Crippen LogP contribution >= 0.6 is 0 Å². The minimum Gasteiger partial charge on any atom is -0.507 e. The third-order valence-corrected chi connectivity index (χ3v) is 7.59. The lowest BCUT2D eigenvalue weighted by molar-refractivity contribution is 0.444. The Hall–Kier alpha value is -4.18. The molecule has 0 aliphatic rings. The van der Waals surface area contributed by atoms with E-state index in [-0.39, 0.29) is 16.6 Å². The van der Waals surface area contributed by atoms with Gasteiger partial charge in [0.15, 0.2) is 5.58 Å². The minimum atomic E-state index is -0.212. The number of hydrogen-bond donors (Lipinski definition) is 1. The first kappa shape index (κ1) is 29.3. The summed E-state index contributed by atoms with van der Waals surface area (Å²) in [5.41, 5.74) is 9.07. The fraction of sp³-hybridized carbons (Fsp3) is 0.316. The number of aromatic nitrogens is 1. The average molecular weight is 559 g/mol. The van der Waals surface area contributed by atoms with Gasteiger partial charge in [0.05, 0.1) is 11.3 Å². The summed E-state index contributed by atoms with van der Waals surface area (Å²) in [4.78, 5) is 9.85. The Balaban J connectivity index is 1.57. The van der Waals surface area contributed by atoms with Gasteiger partial charge in [0.2, 0.25) is 5.89 Å². The third kappa shape index (κ3) is 6.18. The van der Waals surface area contributed by atoms with Gasteiger partial charge in [0.25, 0.3) is 0 Å². The highest BCUT2D eigenvalue weighted by atomic mass is 16.3. The zero-order valence-electron chi connectivity index (χ0n) is 26.1. The fourth-order valence-electron chi connectivity index (χ4n) is 5.30. The number of fused-ring (bicyclic) bond motifs is 1. The van der Waals surface area contributed by atoms with Crippen molar-refractivity contribution in [3.05, 3.63) is 101 Å². The summed E-state index contributed by atoms with van der Waals surface area (Å²) >= 11 is 0. The van der Waals surface area contributed by atoms with E-state index < -0.39 is 0 Å². The van der Waals surface area contributed by atoms with Crippen LogP contribution < -0.4 is 0 Å². The molecule has 5 rings (SSSR count). The lowest BCUT2D eigenvalue weighted by atomic mass is 9.79. The number of phenolic OH excluding ortho intramolecular Hbond substituents is 1. The Labute approximate surface area is 250 Å². The summed E-state index contributed by atoms with van der Waals surface area (Å²) in [5.74, 6) is 1.37. The molecule has 0 bridgehead atoms. The molecule has 216 valence electrons. The maximum atomic E-state index is 11.3. The van der Waals surface area contributed by atoms with Crippen LogP contribution in [0.4, 0.5) is 5.69 Å². The van der Waals surface area contributed by atoms with E-state index in [1.54, 1.807) is 6.21 Å². The van der Waals surface area contributed by atoms with E-state index in [4.69, 9.17) is 14.4 Å². The molecule has 0 saturated heterocycles. The van der Waals surface area contributed by atoms with Crippen LogP contribution in [0.1, 0.15) is 77.6 Å². The van der Waals surface area contributed by atoms with E-state index in [1.165, 1.54) is 5.56 Å². The quantitative estimate of drug-likeness (QED) is 0.211. The number of para-hydroxylation sites is 2. The number of aliphatic imine (C=N–C) groups is 1. The molecule has 1 aromatic heterocycles. The summed E-state index contributed by atoms with van der Waals surface area (Å²) in [6.07, 6.45) is 2.79. The summed E-state index contributed by atoms with van der Waals surface area (Å²) in [5, 5.41) is 11.3. The molecule has 0 aliphatic carbocycles. The van der Waals surface area contributed by atoms with Crippen molar-refractivity contribution in [1.29, 1.82) is 0 Å². The number of benzene rings is 4. The molecule has 0 fully saturated rings. The largest absolute Gasteiger partial charge is 0.507 e. The highest BCUT2D eigenvalue weighted by molar-refractivity contribution is 5.93. The van der Waals surface area contributed by atoms with Crippen LogP contribution in [-0.2, 0) is 17.3 Å². The van der Waals surface area contributed by atoms with Crippen molar-refractivity contribution in [2.24, 2.45) is 10.9 Å². The zero-order chi connectivity index (χ0) is 30.2. The highest BCUT2D eigenvalue weighted by Gasteiger charge is 2.24. The topological polar surface area (TPSA) is 58.6 Å². The Kier molecular flexibility index (Phi) is 7.85. The molecule has 42 heavy (non-hydrogen) atoms. The second-order valence-corrected chi connectivity index (χ2v) is 13.7. The first-order valence-electron chi connectivity index (χ1n) is 14.8. The first-order chi connectivity index (χ1) is 19.8. The van der Waals surface area contributed by atoms with Crippen molar-refractivity contribution in [3.8, 4) is 28.3 Å². The fourth-order valence-corrected chi connectivity index (χ4v) is 5.30. The molecule has 0 radical (unpaired) electrons. The Morgan fingerprint density at radius 1 is 0.833 bits per heavy atom. The van der Waals surface area contributed by atoms with Crippen LogP contribution in [0.3, 0.4) is 0 Å². The summed E-state index contributed by atoms with van der Waals surface area (Å²) < 4.78 is 6.32. The Morgan fingerprint density at radius 2 is 1.55 bits per heavy atom. The highest BCUT2D eigenvalue weighted by Crippen LogP contribution is 2.39. The van der Waals surface area contributed by atoms with E-state index in [9.17, 15) is 5.11 Å². The number of hydrogen-bond acceptors (Lipinski definition) is 4. The molecule has 0 amide bonds. The van der Waals surface area contributed by atoms with Crippen LogP contribution in [0.25, 0.3) is 33.7 Å². The maximum absolute atomic E-state index is 11.3. The van der Waals surface area contributed by atoms with Crippen LogP contribution in [-0.4, -0.2) is 16.3 Å². The number of aromatic hydroxyl groups is 1. The molecule has 1 heterocycles. The number of phenols is 1. The van der Waals surface area contributed by atoms with Gasteiger partial charge in [-0.25, -0.2) is 4.98 Å². The standard InChI is InChI=1S/C38H42N2O2/c1-24(2)19-25-13-11-14-26(20-25)29-16-12-18-33-34(29)40-36(42-33)30-15-9-10-17-32(30)39-23-27-21-28(37(3,4)5)22-31(35(27)41)38(6,7)8/h9-18,20-24,41H,19H2,1-8H3.